The van der Waals surface area contributed by atoms with Gasteiger partial charge in [0.2, 0.25) is 5.91 Å². The third-order valence-corrected chi connectivity index (χ3v) is 5.05. The van der Waals surface area contributed by atoms with Gasteiger partial charge in [-0.05, 0) is 38.7 Å². The number of hydrogen-bond acceptors (Lipinski definition) is 5. The summed E-state index contributed by atoms with van der Waals surface area (Å²) in [4.78, 5) is 28.2. The van der Waals surface area contributed by atoms with Crippen molar-refractivity contribution < 1.29 is 9.18 Å². The van der Waals surface area contributed by atoms with Crippen LogP contribution in [0.2, 0.25) is 0 Å². The Morgan fingerprint density at radius 1 is 1.14 bits per heavy atom. The molecular formula is C21H28FN5O. The van der Waals surface area contributed by atoms with Gasteiger partial charge in [-0.25, -0.2) is 14.4 Å². The van der Waals surface area contributed by atoms with Crippen LogP contribution < -0.4 is 4.90 Å². The molecule has 0 N–H and O–H groups in total. The molecule has 1 aliphatic heterocycles. The Labute approximate surface area is 166 Å². The minimum atomic E-state index is -0.417. The maximum atomic E-state index is 13.3. The van der Waals surface area contributed by atoms with Gasteiger partial charge in [-0.15, -0.1) is 0 Å². The number of aromatic nitrogens is 2. The van der Waals surface area contributed by atoms with Crippen molar-refractivity contribution in [2.24, 2.45) is 0 Å². The number of halogens is 1. The van der Waals surface area contributed by atoms with Crippen LogP contribution in [0.5, 0.6) is 0 Å². The highest BCUT2D eigenvalue weighted by Crippen LogP contribution is 2.23. The first-order valence-corrected chi connectivity index (χ1v) is 9.69. The molecule has 28 heavy (non-hydrogen) atoms. The van der Waals surface area contributed by atoms with Crippen molar-refractivity contribution in [2.75, 3.05) is 45.2 Å². The quantitative estimate of drug-likeness (QED) is 0.791. The number of anilines is 1. The van der Waals surface area contributed by atoms with E-state index in [1.807, 2.05) is 43.8 Å². The maximum absolute atomic E-state index is 13.3. The Morgan fingerprint density at radius 3 is 2.36 bits per heavy atom. The lowest BCUT2D eigenvalue weighted by Crippen LogP contribution is -2.51. The summed E-state index contributed by atoms with van der Waals surface area (Å²) in [5.41, 5.74) is 1.77. The average Bonchev–Trinajstić information content (AvgIpc) is 2.69. The van der Waals surface area contributed by atoms with Gasteiger partial charge < -0.3 is 9.80 Å². The van der Waals surface area contributed by atoms with Crippen molar-refractivity contribution in [1.29, 1.82) is 0 Å². The van der Waals surface area contributed by atoms with Gasteiger partial charge in [0, 0.05) is 44.4 Å². The highest BCUT2D eigenvalue weighted by atomic mass is 19.1. The molecule has 3 rings (SSSR count). The van der Waals surface area contributed by atoms with Crippen LogP contribution in [0.15, 0.2) is 30.3 Å². The first-order valence-electron chi connectivity index (χ1n) is 9.69. The molecule has 2 aromatic rings. The van der Waals surface area contributed by atoms with Crippen molar-refractivity contribution >= 4 is 11.7 Å². The Balaban J connectivity index is 1.70. The summed E-state index contributed by atoms with van der Waals surface area (Å²) in [6, 6.07) is 7.76. The predicted octanol–water partition coefficient (Wildman–Crippen LogP) is 2.44. The number of hydrogen-bond donors (Lipinski definition) is 0. The highest BCUT2D eigenvalue weighted by molar-refractivity contribution is 5.83. The van der Waals surface area contributed by atoms with Crippen LogP contribution in [-0.2, 0) is 11.2 Å². The lowest BCUT2D eigenvalue weighted by molar-refractivity contribution is -0.136. The normalized spacial score (nSPS) is 15.8. The number of carbonyl (C=O) groups is 1. The van der Waals surface area contributed by atoms with Crippen LogP contribution in [0.4, 0.5) is 10.2 Å². The lowest BCUT2D eigenvalue weighted by Gasteiger charge is -2.38. The van der Waals surface area contributed by atoms with Crippen LogP contribution in [0.3, 0.4) is 0 Å². The first kappa shape index (κ1) is 20.2. The van der Waals surface area contributed by atoms with E-state index in [1.165, 1.54) is 12.1 Å². The molecule has 1 amide bonds. The Bertz CT molecular complexity index is 816. The van der Waals surface area contributed by atoms with Crippen LogP contribution >= 0.6 is 0 Å². The number of aryl methyl sites for hydroxylation is 2. The summed E-state index contributed by atoms with van der Waals surface area (Å²) in [7, 11) is 3.75. The second-order valence-electron chi connectivity index (χ2n) is 7.37. The smallest absolute Gasteiger partial charge is 0.244 e. The zero-order valence-electron chi connectivity index (χ0n) is 17.0. The van der Waals surface area contributed by atoms with Gasteiger partial charge in [-0.1, -0.05) is 19.1 Å². The number of carbonyl (C=O) groups excluding carboxylic acids is 1. The predicted molar refractivity (Wildman–Crippen MR) is 108 cm³/mol. The van der Waals surface area contributed by atoms with E-state index in [2.05, 4.69) is 14.9 Å². The molecule has 1 aromatic heterocycles. The number of nitrogens with zero attached hydrogens (tertiary/aromatic N) is 5. The topological polar surface area (TPSA) is 52.6 Å². The molecule has 0 bridgehead atoms. The molecule has 0 saturated carbocycles. The minimum absolute atomic E-state index is 0.0457. The van der Waals surface area contributed by atoms with Gasteiger partial charge in [-0.3, -0.25) is 9.69 Å². The van der Waals surface area contributed by atoms with Crippen LogP contribution in [0.25, 0.3) is 0 Å². The van der Waals surface area contributed by atoms with E-state index in [0.717, 1.165) is 42.4 Å². The molecule has 6 nitrogen and oxygen atoms in total. The highest BCUT2D eigenvalue weighted by Gasteiger charge is 2.30. The molecule has 1 fully saturated rings. The Morgan fingerprint density at radius 2 is 1.79 bits per heavy atom. The molecule has 0 unspecified atom stereocenters. The first-order chi connectivity index (χ1) is 13.4. The summed E-state index contributed by atoms with van der Waals surface area (Å²) in [5, 5.41) is 0. The Kier molecular flexibility index (Phi) is 6.24. The van der Waals surface area contributed by atoms with E-state index in [0.29, 0.717) is 13.1 Å². The number of benzene rings is 1. The molecule has 1 aromatic carbocycles. The third-order valence-electron chi connectivity index (χ3n) is 5.05. The van der Waals surface area contributed by atoms with Crippen molar-refractivity contribution in [1.82, 2.24) is 19.8 Å². The molecular weight excluding hydrogens is 357 g/mol. The van der Waals surface area contributed by atoms with Gasteiger partial charge in [0.1, 0.15) is 23.5 Å². The molecule has 1 aliphatic rings. The van der Waals surface area contributed by atoms with Crippen molar-refractivity contribution in [3.8, 4) is 0 Å². The second kappa shape index (κ2) is 8.65. The standard InChI is InChI=1S/C21H28FN5O/c1-5-18-23-15(2)14-19(24-18)26-10-12-27(13-11-26)21(28)20(25(3)4)16-6-8-17(22)9-7-16/h6-9,14,20H,5,10-13H2,1-4H3/t20-/m0/s1. The summed E-state index contributed by atoms with van der Waals surface area (Å²) in [6.07, 6.45) is 0.801. The third kappa shape index (κ3) is 4.47. The van der Waals surface area contributed by atoms with Gasteiger partial charge in [0.15, 0.2) is 0 Å². The number of amides is 1. The monoisotopic (exact) mass is 385 g/mol. The number of likely N-dealkylation sites (N-methyl/N-ethyl adjacent to an activating group) is 1. The lowest BCUT2D eigenvalue weighted by atomic mass is 10.0. The van der Waals surface area contributed by atoms with E-state index in [1.54, 1.807) is 12.1 Å². The minimum Gasteiger partial charge on any atom is -0.353 e. The van der Waals surface area contributed by atoms with E-state index in [-0.39, 0.29) is 11.7 Å². The zero-order valence-corrected chi connectivity index (χ0v) is 17.0. The zero-order chi connectivity index (χ0) is 20.3. The molecule has 150 valence electrons. The van der Waals surface area contributed by atoms with Crippen molar-refractivity contribution in [3.63, 3.8) is 0 Å². The largest absolute Gasteiger partial charge is 0.353 e. The SMILES string of the molecule is CCc1nc(C)cc(N2CCN(C(=O)[C@H](c3ccc(F)cc3)N(C)C)CC2)n1. The van der Waals surface area contributed by atoms with Crippen LogP contribution in [0.1, 0.15) is 30.0 Å². The van der Waals surface area contributed by atoms with Crippen molar-refractivity contribution in [3.05, 3.63) is 53.2 Å². The maximum Gasteiger partial charge on any atom is 0.244 e. The van der Waals surface area contributed by atoms with E-state index < -0.39 is 6.04 Å². The van der Waals surface area contributed by atoms with E-state index in [9.17, 15) is 9.18 Å². The van der Waals surface area contributed by atoms with Gasteiger partial charge in [0.05, 0.1) is 0 Å². The summed E-state index contributed by atoms with van der Waals surface area (Å²) >= 11 is 0. The van der Waals surface area contributed by atoms with E-state index in [4.69, 9.17) is 0 Å². The fraction of sp³-hybridized carbons (Fsp3) is 0.476. The molecule has 0 aliphatic carbocycles. The second-order valence-corrected chi connectivity index (χ2v) is 7.37. The van der Waals surface area contributed by atoms with Gasteiger partial charge in [-0.2, -0.15) is 0 Å². The van der Waals surface area contributed by atoms with Crippen LogP contribution in [-0.4, -0.2) is 65.9 Å². The van der Waals surface area contributed by atoms with Crippen molar-refractivity contribution in [2.45, 2.75) is 26.3 Å². The van der Waals surface area contributed by atoms with Gasteiger partial charge in [0.25, 0.3) is 0 Å². The summed E-state index contributed by atoms with van der Waals surface area (Å²) < 4.78 is 13.3. The fourth-order valence-electron chi connectivity index (χ4n) is 3.57. The molecule has 0 radical (unpaired) electrons. The molecule has 0 spiro atoms. The van der Waals surface area contributed by atoms with E-state index >= 15 is 0 Å². The average molecular weight is 385 g/mol. The molecule has 1 saturated heterocycles. The summed E-state index contributed by atoms with van der Waals surface area (Å²) in [5.74, 6) is 1.52. The molecule has 7 heteroatoms. The number of piperazine rings is 1. The number of rotatable bonds is 5. The molecule has 1 atom stereocenters. The fourth-order valence-corrected chi connectivity index (χ4v) is 3.57. The Hall–Kier alpha value is -2.54. The molecule has 2 heterocycles. The van der Waals surface area contributed by atoms with Crippen LogP contribution in [0, 0.1) is 12.7 Å². The summed E-state index contributed by atoms with van der Waals surface area (Å²) in [6.45, 7) is 6.76. The van der Waals surface area contributed by atoms with Gasteiger partial charge >= 0.3 is 0 Å².